The van der Waals surface area contributed by atoms with Crippen molar-refractivity contribution < 1.29 is 0 Å². The van der Waals surface area contributed by atoms with Crippen molar-refractivity contribution in [1.82, 2.24) is 19.6 Å². The molecule has 7 nitrogen and oxygen atoms in total. The minimum Gasteiger partial charge on any atom is -0.335 e. The number of nitrogens with two attached hydrogens (primary N) is 1. The third kappa shape index (κ3) is 0.895. The Kier molecular flexibility index (Phi) is 1.31. The number of aromatic nitrogens is 4. The number of fused-ring (bicyclic) bond motifs is 3. The van der Waals surface area contributed by atoms with Crippen molar-refractivity contribution in [2.24, 2.45) is 10.7 Å². The predicted octanol–water partition coefficient (Wildman–Crippen LogP) is -0.789. The summed E-state index contributed by atoms with van der Waals surface area (Å²) >= 11 is 0. The van der Waals surface area contributed by atoms with Gasteiger partial charge in [-0.05, 0) is 0 Å². The van der Waals surface area contributed by atoms with Crippen LogP contribution >= 0.6 is 0 Å². The van der Waals surface area contributed by atoms with E-state index in [1.807, 2.05) is 0 Å². The van der Waals surface area contributed by atoms with Gasteiger partial charge in [-0.25, -0.2) is 4.98 Å². The molecule has 0 radical (unpaired) electrons. The van der Waals surface area contributed by atoms with Crippen LogP contribution in [0.1, 0.15) is 5.69 Å². The van der Waals surface area contributed by atoms with E-state index in [-0.39, 0.29) is 0 Å². The summed E-state index contributed by atoms with van der Waals surface area (Å²) in [5.74, 6) is 0.694. The molecule has 3 heterocycles. The maximum absolute atomic E-state index is 5.58. The molecule has 0 aromatic carbocycles. The second-order valence-electron chi connectivity index (χ2n) is 2.92. The molecule has 3 rings (SSSR count). The van der Waals surface area contributed by atoms with Crippen LogP contribution in [0.25, 0.3) is 5.65 Å². The molecule has 0 amide bonds. The van der Waals surface area contributed by atoms with Crippen molar-refractivity contribution in [3.8, 4) is 0 Å². The van der Waals surface area contributed by atoms with Gasteiger partial charge in [0, 0.05) is 0 Å². The second-order valence-corrected chi connectivity index (χ2v) is 2.92. The minimum absolute atomic E-state index is 0.427. The van der Waals surface area contributed by atoms with E-state index in [2.05, 4.69) is 25.5 Å². The molecule has 0 saturated heterocycles. The van der Waals surface area contributed by atoms with E-state index in [0.29, 0.717) is 11.5 Å². The summed E-state index contributed by atoms with van der Waals surface area (Å²) in [7, 11) is 0. The van der Waals surface area contributed by atoms with Crippen LogP contribution in [-0.2, 0) is 0 Å². The van der Waals surface area contributed by atoms with Crippen LogP contribution in [0, 0.1) is 0 Å². The van der Waals surface area contributed by atoms with Gasteiger partial charge in [-0.15, -0.1) is 10.2 Å². The zero-order chi connectivity index (χ0) is 9.54. The standard InChI is InChI=1S/C7H7N7/c8-7-10-1-4-6(12-7)9-2-5-13-11-3-14(4)5/h1-3,7,12H,8H2. The smallest absolute Gasteiger partial charge is 0.179 e. The van der Waals surface area contributed by atoms with Crippen molar-refractivity contribution in [3.63, 3.8) is 0 Å². The predicted molar refractivity (Wildman–Crippen MR) is 50.0 cm³/mol. The number of aliphatic imine (C=N–C) groups is 1. The first-order valence-electron chi connectivity index (χ1n) is 4.08. The SMILES string of the molecule is NC1N=Cc2c(ncc3nncn23)N1. The van der Waals surface area contributed by atoms with Crippen LogP contribution < -0.4 is 11.1 Å². The summed E-state index contributed by atoms with van der Waals surface area (Å²) in [6.45, 7) is 0. The summed E-state index contributed by atoms with van der Waals surface area (Å²) in [6, 6.07) is 0. The highest BCUT2D eigenvalue weighted by atomic mass is 15.3. The first kappa shape index (κ1) is 7.39. The number of anilines is 1. The van der Waals surface area contributed by atoms with Crippen LogP contribution in [0.4, 0.5) is 5.82 Å². The number of hydrogen-bond donors (Lipinski definition) is 2. The average Bonchev–Trinajstić information content (AvgIpc) is 2.65. The molecule has 2 aromatic rings. The van der Waals surface area contributed by atoms with Crippen molar-refractivity contribution in [3.05, 3.63) is 18.2 Å². The Morgan fingerprint density at radius 3 is 3.36 bits per heavy atom. The monoisotopic (exact) mass is 189 g/mol. The summed E-state index contributed by atoms with van der Waals surface area (Å²) in [5.41, 5.74) is 7.08. The van der Waals surface area contributed by atoms with E-state index in [1.54, 1.807) is 23.1 Å². The van der Waals surface area contributed by atoms with Crippen molar-refractivity contribution >= 4 is 17.7 Å². The fraction of sp³-hybridized carbons (Fsp3) is 0.143. The Bertz CT molecular complexity index is 514. The highest BCUT2D eigenvalue weighted by molar-refractivity contribution is 5.86. The van der Waals surface area contributed by atoms with Gasteiger partial charge in [0.15, 0.2) is 17.8 Å². The third-order valence-corrected chi connectivity index (χ3v) is 2.03. The van der Waals surface area contributed by atoms with Gasteiger partial charge in [-0.3, -0.25) is 15.1 Å². The van der Waals surface area contributed by atoms with E-state index in [0.717, 1.165) is 5.69 Å². The first-order valence-corrected chi connectivity index (χ1v) is 4.08. The van der Waals surface area contributed by atoms with E-state index in [4.69, 9.17) is 5.73 Å². The summed E-state index contributed by atoms with van der Waals surface area (Å²) in [6.07, 6.45) is 4.48. The van der Waals surface area contributed by atoms with Gasteiger partial charge in [-0.2, -0.15) is 0 Å². The Hall–Kier alpha value is -2.02. The van der Waals surface area contributed by atoms with E-state index >= 15 is 0 Å². The Morgan fingerprint density at radius 1 is 1.50 bits per heavy atom. The normalized spacial score (nSPS) is 19.4. The Balaban J connectivity index is 2.33. The molecule has 1 unspecified atom stereocenters. The first-order chi connectivity index (χ1) is 6.84. The maximum Gasteiger partial charge on any atom is 0.179 e. The molecule has 1 aliphatic rings. The lowest BCUT2D eigenvalue weighted by atomic mass is 10.4. The molecular formula is C7H7N7. The summed E-state index contributed by atoms with van der Waals surface area (Å²) < 4.78 is 1.80. The lowest BCUT2D eigenvalue weighted by molar-refractivity contribution is 0.791. The van der Waals surface area contributed by atoms with Gasteiger partial charge < -0.3 is 5.32 Å². The van der Waals surface area contributed by atoms with Crippen LogP contribution in [0.5, 0.6) is 0 Å². The average molecular weight is 189 g/mol. The highest BCUT2D eigenvalue weighted by Gasteiger charge is 2.14. The molecule has 2 aromatic heterocycles. The van der Waals surface area contributed by atoms with Crippen molar-refractivity contribution in [2.75, 3.05) is 5.32 Å². The van der Waals surface area contributed by atoms with Gasteiger partial charge in [0.2, 0.25) is 0 Å². The molecule has 14 heavy (non-hydrogen) atoms. The molecule has 1 atom stereocenters. The second kappa shape index (κ2) is 2.48. The molecule has 0 fully saturated rings. The molecular weight excluding hydrogens is 182 g/mol. The largest absolute Gasteiger partial charge is 0.335 e. The zero-order valence-corrected chi connectivity index (χ0v) is 7.12. The molecule has 0 spiro atoms. The lowest BCUT2D eigenvalue weighted by Gasteiger charge is -2.17. The number of rotatable bonds is 0. The van der Waals surface area contributed by atoms with E-state index in [9.17, 15) is 0 Å². The van der Waals surface area contributed by atoms with Crippen molar-refractivity contribution in [1.29, 1.82) is 0 Å². The van der Waals surface area contributed by atoms with Gasteiger partial charge in [0.1, 0.15) is 12.0 Å². The van der Waals surface area contributed by atoms with Gasteiger partial charge >= 0.3 is 0 Å². The Labute approximate surface area is 78.7 Å². The number of nitrogens with zero attached hydrogens (tertiary/aromatic N) is 5. The van der Waals surface area contributed by atoms with E-state index < -0.39 is 6.29 Å². The third-order valence-electron chi connectivity index (χ3n) is 2.03. The van der Waals surface area contributed by atoms with E-state index in [1.165, 1.54) is 0 Å². The van der Waals surface area contributed by atoms with Crippen LogP contribution in [0.2, 0.25) is 0 Å². The van der Waals surface area contributed by atoms with Crippen LogP contribution in [-0.4, -0.2) is 32.1 Å². The maximum atomic E-state index is 5.58. The molecule has 7 heteroatoms. The van der Waals surface area contributed by atoms with Gasteiger partial charge in [0.05, 0.1) is 12.4 Å². The molecule has 70 valence electrons. The molecule has 1 aliphatic heterocycles. The quantitative estimate of drug-likeness (QED) is 0.566. The fourth-order valence-corrected chi connectivity index (χ4v) is 1.38. The number of hydrogen-bond acceptors (Lipinski definition) is 6. The molecule has 0 aliphatic carbocycles. The minimum atomic E-state index is -0.427. The van der Waals surface area contributed by atoms with Crippen LogP contribution in [0.15, 0.2) is 17.5 Å². The van der Waals surface area contributed by atoms with Crippen molar-refractivity contribution in [2.45, 2.75) is 6.29 Å². The summed E-state index contributed by atoms with van der Waals surface area (Å²) in [4.78, 5) is 8.19. The molecule has 0 saturated carbocycles. The van der Waals surface area contributed by atoms with Gasteiger partial charge in [0.25, 0.3) is 0 Å². The fourth-order valence-electron chi connectivity index (χ4n) is 1.38. The van der Waals surface area contributed by atoms with Crippen LogP contribution in [0.3, 0.4) is 0 Å². The molecule has 0 bridgehead atoms. The highest BCUT2D eigenvalue weighted by Crippen LogP contribution is 2.15. The molecule has 3 N–H and O–H groups in total. The lowest BCUT2D eigenvalue weighted by Crippen LogP contribution is -2.31. The summed E-state index contributed by atoms with van der Waals surface area (Å²) in [5, 5.41) is 10.6. The Morgan fingerprint density at radius 2 is 2.43 bits per heavy atom. The van der Waals surface area contributed by atoms with Gasteiger partial charge in [-0.1, -0.05) is 0 Å². The topological polar surface area (TPSA) is 93.5 Å². The zero-order valence-electron chi connectivity index (χ0n) is 7.12. The number of nitrogens with one attached hydrogen (secondary N) is 1.